The highest BCUT2D eigenvalue weighted by molar-refractivity contribution is 7.98. The van der Waals surface area contributed by atoms with Gasteiger partial charge < -0.3 is 5.73 Å². The smallest absolute Gasteiger partial charge is 0.252 e. The molecular weight excluding hydrogens is 222 g/mol. The molecule has 2 rings (SSSR count). The first-order valence-corrected chi connectivity index (χ1v) is 5.76. The zero-order valence-corrected chi connectivity index (χ0v) is 9.33. The number of nitrogens with one attached hydrogen (secondary N) is 1. The van der Waals surface area contributed by atoms with E-state index in [0.717, 1.165) is 4.90 Å². The third kappa shape index (κ3) is 2.87. The van der Waals surface area contributed by atoms with Crippen LogP contribution in [0.4, 0.5) is 5.95 Å². The van der Waals surface area contributed by atoms with E-state index in [0.29, 0.717) is 11.4 Å². The van der Waals surface area contributed by atoms with Crippen molar-refractivity contribution in [3.63, 3.8) is 0 Å². The molecule has 0 radical (unpaired) electrons. The van der Waals surface area contributed by atoms with E-state index in [1.807, 2.05) is 30.3 Å². The molecule has 0 saturated carbocycles. The number of hydrogen-bond acceptors (Lipinski definition) is 4. The van der Waals surface area contributed by atoms with Crippen LogP contribution in [0.5, 0.6) is 0 Å². The molecule has 1 aromatic carbocycles. The van der Waals surface area contributed by atoms with Crippen molar-refractivity contribution in [1.82, 2.24) is 9.97 Å². The summed E-state index contributed by atoms with van der Waals surface area (Å²) in [5.74, 6) is 0.800. The highest BCUT2D eigenvalue weighted by Gasteiger charge is 1.99. The number of nitrogens with zero attached hydrogens (tertiary/aromatic N) is 1. The van der Waals surface area contributed by atoms with Crippen molar-refractivity contribution < 1.29 is 0 Å². The normalized spacial score (nSPS) is 10.2. The maximum Gasteiger partial charge on any atom is 0.252 e. The summed E-state index contributed by atoms with van der Waals surface area (Å²) in [6.45, 7) is 0. The van der Waals surface area contributed by atoms with Gasteiger partial charge in [0.25, 0.3) is 5.56 Å². The van der Waals surface area contributed by atoms with E-state index in [4.69, 9.17) is 5.73 Å². The Morgan fingerprint density at radius 3 is 2.75 bits per heavy atom. The summed E-state index contributed by atoms with van der Waals surface area (Å²) in [5, 5.41) is 0. The minimum absolute atomic E-state index is 0.163. The number of nitrogen functional groups attached to an aromatic ring is 1. The largest absolute Gasteiger partial charge is 0.369 e. The van der Waals surface area contributed by atoms with Crippen molar-refractivity contribution in [2.75, 3.05) is 5.73 Å². The molecule has 1 aromatic heterocycles. The summed E-state index contributed by atoms with van der Waals surface area (Å²) >= 11 is 1.62. The van der Waals surface area contributed by atoms with Crippen molar-refractivity contribution in [1.29, 1.82) is 0 Å². The molecule has 1 heterocycles. The van der Waals surface area contributed by atoms with Gasteiger partial charge in [-0.15, -0.1) is 11.8 Å². The predicted octanol–water partition coefficient (Wildman–Crippen LogP) is 1.64. The molecule has 0 bridgehead atoms. The topological polar surface area (TPSA) is 71.8 Å². The van der Waals surface area contributed by atoms with E-state index < -0.39 is 0 Å². The third-order valence-corrected chi connectivity index (χ3v) is 2.99. The van der Waals surface area contributed by atoms with Gasteiger partial charge in [-0.2, -0.15) is 0 Å². The first-order chi connectivity index (χ1) is 7.74. The highest BCUT2D eigenvalue weighted by Crippen LogP contribution is 2.20. The summed E-state index contributed by atoms with van der Waals surface area (Å²) in [6.07, 6.45) is 0. The monoisotopic (exact) mass is 233 g/mol. The van der Waals surface area contributed by atoms with Crippen LogP contribution < -0.4 is 11.3 Å². The zero-order chi connectivity index (χ0) is 11.4. The summed E-state index contributed by atoms with van der Waals surface area (Å²) in [6, 6.07) is 11.4. The number of nitrogens with two attached hydrogens (primary N) is 1. The molecule has 0 atom stereocenters. The molecule has 0 saturated heterocycles. The van der Waals surface area contributed by atoms with Crippen LogP contribution in [0.1, 0.15) is 5.69 Å². The molecule has 0 aliphatic rings. The standard InChI is InChI=1S/C11H11N3OS/c12-11-13-8(6-10(15)14-11)7-16-9-4-2-1-3-5-9/h1-6H,7H2,(H3,12,13,14,15). The van der Waals surface area contributed by atoms with Crippen molar-refractivity contribution in [3.05, 3.63) is 52.4 Å². The summed E-state index contributed by atoms with van der Waals surface area (Å²) in [4.78, 5) is 18.7. The molecule has 0 fully saturated rings. The lowest BCUT2D eigenvalue weighted by molar-refractivity contribution is 1.07. The molecule has 2 aromatic rings. The van der Waals surface area contributed by atoms with Crippen molar-refractivity contribution in [2.45, 2.75) is 10.6 Å². The molecule has 82 valence electrons. The average Bonchev–Trinajstić information content (AvgIpc) is 2.27. The molecule has 4 nitrogen and oxygen atoms in total. The van der Waals surface area contributed by atoms with Gasteiger partial charge in [0.15, 0.2) is 0 Å². The lowest BCUT2D eigenvalue weighted by atomic mass is 10.4. The van der Waals surface area contributed by atoms with E-state index in [1.165, 1.54) is 6.07 Å². The molecule has 0 aliphatic carbocycles. The Bertz CT molecular complexity index is 524. The number of benzene rings is 1. The minimum atomic E-state index is -0.212. The Kier molecular flexibility index (Phi) is 3.26. The molecule has 0 amide bonds. The number of hydrogen-bond donors (Lipinski definition) is 2. The zero-order valence-electron chi connectivity index (χ0n) is 8.51. The highest BCUT2D eigenvalue weighted by atomic mass is 32.2. The maximum absolute atomic E-state index is 11.1. The van der Waals surface area contributed by atoms with Gasteiger partial charge in [-0.3, -0.25) is 9.78 Å². The number of H-pyrrole nitrogens is 1. The summed E-state index contributed by atoms with van der Waals surface area (Å²) in [7, 11) is 0. The van der Waals surface area contributed by atoms with Gasteiger partial charge >= 0.3 is 0 Å². The second-order valence-electron chi connectivity index (χ2n) is 3.22. The second kappa shape index (κ2) is 4.85. The van der Waals surface area contributed by atoms with Gasteiger partial charge in [-0.05, 0) is 12.1 Å². The Hall–Kier alpha value is -1.75. The predicted molar refractivity (Wildman–Crippen MR) is 65.3 cm³/mol. The van der Waals surface area contributed by atoms with Gasteiger partial charge in [-0.1, -0.05) is 18.2 Å². The van der Waals surface area contributed by atoms with Gasteiger partial charge in [0.1, 0.15) is 0 Å². The van der Waals surface area contributed by atoms with Crippen LogP contribution in [0, 0.1) is 0 Å². The SMILES string of the molecule is Nc1nc(CSc2ccccc2)cc(=O)[nH]1. The third-order valence-electron chi connectivity index (χ3n) is 1.94. The van der Waals surface area contributed by atoms with E-state index in [-0.39, 0.29) is 11.5 Å². The van der Waals surface area contributed by atoms with Crippen LogP contribution >= 0.6 is 11.8 Å². The molecular formula is C11H11N3OS. The minimum Gasteiger partial charge on any atom is -0.369 e. The number of aromatic amines is 1. The Balaban J connectivity index is 2.08. The van der Waals surface area contributed by atoms with E-state index in [9.17, 15) is 4.79 Å². The second-order valence-corrected chi connectivity index (χ2v) is 4.27. The van der Waals surface area contributed by atoms with Gasteiger partial charge in [0, 0.05) is 16.7 Å². The number of rotatable bonds is 3. The maximum atomic E-state index is 11.1. The van der Waals surface area contributed by atoms with E-state index >= 15 is 0 Å². The van der Waals surface area contributed by atoms with Crippen LogP contribution in [0.2, 0.25) is 0 Å². The van der Waals surface area contributed by atoms with Crippen molar-refractivity contribution in [3.8, 4) is 0 Å². The Morgan fingerprint density at radius 1 is 1.31 bits per heavy atom. The molecule has 5 heteroatoms. The molecule has 0 unspecified atom stereocenters. The number of anilines is 1. The van der Waals surface area contributed by atoms with Crippen molar-refractivity contribution >= 4 is 17.7 Å². The number of thioether (sulfide) groups is 1. The fourth-order valence-corrected chi connectivity index (χ4v) is 2.09. The summed E-state index contributed by atoms with van der Waals surface area (Å²) in [5.41, 5.74) is 5.93. The van der Waals surface area contributed by atoms with Gasteiger partial charge in [0.05, 0.1) is 5.69 Å². The first-order valence-electron chi connectivity index (χ1n) is 4.77. The lowest BCUT2D eigenvalue weighted by Crippen LogP contribution is -2.11. The van der Waals surface area contributed by atoms with Crippen LogP contribution in [0.15, 0.2) is 46.1 Å². The van der Waals surface area contributed by atoms with Gasteiger partial charge in [-0.25, -0.2) is 4.98 Å². The lowest BCUT2D eigenvalue weighted by Gasteiger charge is -2.01. The molecule has 0 aliphatic heterocycles. The number of aromatic nitrogens is 2. The summed E-state index contributed by atoms with van der Waals surface area (Å²) < 4.78 is 0. The molecule has 16 heavy (non-hydrogen) atoms. The Morgan fingerprint density at radius 2 is 2.06 bits per heavy atom. The van der Waals surface area contributed by atoms with E-state index in [1.54, 1.807) is 11.8 Å². The Labute approximate surface area is 96.9 Å². The average molecular weight is 233 g/mol. The van der Waals surface area contributed by atoms with Crippen molar-refractivity contribution in [2.24, 2.45) is 0 Å². The van der Waals surface area contributed by atoms with Crippen LogP contribution in [0.25, 0.3) is 0 Å². The fraction of sp³-hybridized carbons (Fsp3) is 0.0909. The molecule has 3 N–H and O–H groups in total. The first kappa shape index (κ1) is 10.8. The fourth-order valence-electron chi connectivity index (χ4n) is 1.28. The quantitative estimate of drug-likeness (QED) is 0.791. The molecule has 0 spiro atoms. The van der Waals surface area contributed by atoms with E-state index in [2.05, 4.69) is 9.97 Å². The van der Waals surface area contributed by atoms with Crippen LogP contribution in [-0.2, 0) is 5.75 Å². The van der Waals surface area contributed by atoms with Gasteiger partial charge in [0.2, 0.25) is 5.95 Å². The van der Waals surface area contributed by atoms with Crippen LogP contribution in [0.3, 0.4) is 0 Å². The van der Waals surface area contributed by atoms with Crippen LogP contribution in [-0.4, -0.2) is 9.97 Å².